The molecule has 2 heterocycles. The third-order valence-corrected chi connectivity index (χ3v) is 3.57. The first kappa shape index (κ1) is 13.1. The van der Waals surface area contributed by atoms with Crippen molar-refractivity contribution in [3.8, 4) is 0 Å². The van der Waals surface area contributed by atoms with Crippen molar-refractivity contribution in [3.05, 3.63) is 35.7 Å². The predicted molar refractivity (Wildman–Crippen MR) is 79.5 cm³/mol. The molecule has 6 nitrogen and oxygen atoms in total. The minimum Gasteiger partial charge on any atom is -0.399 e. The summed E-state index contributed by atoms with van der Waals surface area (Å²) in [6.07, 6.45) is 1.96. The highest BCUT2D eigenvalue weighted by atomic mass is 16.7. The molecule has 1 aromatic carbocycles. The van der Waals surface area contributed by atoms with Crippen molar-refractivity contribution in [1.29, 1.82) is 0 Å². The van der Waals surface area contributed by atoms with Gasteiger partial charge in [0.05, 0.1) is 12.7 Å². The Hall–Kier alpha value is -1.92. The number of anilines is 2. The summed E-state index contributed by atoms with van der Waals surface area (Å²) in [6, 6.07) is 6.11. The number of hydrogen-bond acceptors (Lipinski definition) is 6. The molecule has 20 heavy (non-hydrogen) atoms. The quantitative estimate of drug-likeness (QED) is 0.709. The number of piperazine rings is 1. The molecule has 3 rings (SSSR count). The highest BCUT2D eigenvalue weighted by Crippen LogP contribution is 2.26. The number of nitrogens with one attached hydrogen (secondary N) is 2. The Labute approximate surface area is 119 Å². The highest BCUT2D eigenvalue weighted by molar-refractivity contribution is 5.61. The zero-order chi connectivity index (χ0) is 13.9. The third kappa shape index (κ3) is 2.81. The van der Waals surface area contributed by atoms with E-state index in [1.54, 1.807) is 0 Å². The van der Waals surface area contributed by atoms with Gasteiger partial charge in [-0.15, -0.1) is 0 Å². The van der Waals surface area contributed by atoms with E-state index < -0.39 is 0 Å². The van der Waals surface area contributed by atoms with E-state index >= 15 is 0 Å². The first-order valence-corrected chi connectivity index (χ1v) is 6.94. The fourth-order valence-electron chi connectivity index (χ4n) is 2.58. The number of rotatable bonds is 3. The molecule has 0 amide bonds. The summed E-state index contributed by atoms with van der Waals surface area (Å²) in [5, 5.41) is 5.31. The Morgan fingerprint density at radius 2 is 2.10 bits per heavy atom. The largest absolute Gasteiger partial charge is 0.399 e. The van der Waals surface area contributed by atoms with Gasteiger partial charge >= 0.3 is 0 Å². The van der Waals surface area contributed by atoms with E-state index in [9.17, 15) is 0 Å². The molecule has 0 unspecified atom stereocenters. The smallest absolute Gasteiger partial charge is 0.140 e. The second-order valence-electron chi connectivity index (χ2n) is 5.19. The molecule has 2 aliphatic rings. The summed E-state index contributed by atoms with van der Waals surface area (Å²) in [6.45, 7) is 6.71. The topological polar surface area (TPSA) is 65.8 Å². The molecule has 2 aliphatic heterocycles. The Bertz CT molecular complexity index is 510. The standard InChI is InChI=1S/C14H21N5O/c1-11-9-19(17-20-11)10-12-2-3-13(15)8-14(12)18-6-4-16-5-7-18/h2-3,8-9,16-17H,4-7,10,15H2,1H3. The molecule has 0 atom stereocenters. The molecular formula is C14H21N5O. The van der Waals surface area contributed by atoms with Crippen LogP contribution in [0.5, 0.6) is 0 Å². The lowest BCUT2D eigenvalue weighted by atomic mass is 10.1. The van der Waals surface area contributed by atoms with Crippen LogP contribution in [0.4, 0.5) is 11.4 Å². The molecule has 1 aromatic rings. The number of allylic oxidation sites excluding steroid dienone is 1. The van der Waals surface area contributed by atoms with Gasteiger partial charge in [0.25, 0.3) is 0 Å². The van der Waals surface area contributed by atoms with Crippen LogP contribution in [0.1, 0.15) is 12.5 Å². The molecule has 4 N–H and O–H groups in total. The Balaban J connectivity index is 1.82. The lowest BCUT2D eigenvalue weighted by Gasteiger charge is -2.32. The summed E-state index contributed by atoms with van der Waals surface area (Å²) < 4.78 is 0. The van der Waals surface area contributed by atoms with Crippen LogP contribution in [0.3, 0.4) is 0 Å². The fourth-order valence-corrected chi connectivity index (χ4v) is 2.58. The number of nitrogen functional groups attached to an aromatic ring is 1. The average molecular weight is 275 g/mol. The van der Waals surface area contributed by atoms with Gasteiger partial charge in [-0.2, -0.15) is 0 Å². The first-order chi connectivity index (χ1) is 9.72. The molecule has 0 radical (unpaired) electrons. The number of nitrogens with two attached hydrogens (primary N) is 1. The lowest BCUT2D eigenvalue weighted by molar-refractivity contribution is 0.0184. The van der Waals surface area contributed by atoms with Crippen molar-refractivity contribution in [2.45, 2.75) is 13.5 Å². The normalized spacial score (nSPS) is 18.9. The second-order valence-corrected chi connectivity index (χ2v) is 5.19. The lowest BCUT2D eigenvalue weighted by Crippen LogP contribution is -2.44. The Morgan fingerprint density at radius 1 is 1.30 bits per heavy atom. The number of hydrogen-bond donors (Lipinski definition) is 3. The summed E-state index contributed by atoms with van der Waals surface area (Å²) in [4.78, 5) is 7.62. The molecular weight excluding hydrogens is 254 g/mol. The van der Waals surface area contributed by atoms with Crippen molar-refractivity contribution in [1.82, 2.24) is 15.9 Å². The van der Waals surface area contributed by atoms with Gasteiger partial charge in [0.1, 0.15) is 5.76 Å². The Morgan fingerprint density at radius 3 is 2.80 bits per heavy atom. The van der Waals surface area contributed by atoms with E-state index in [0.717, 1.165) is 44.2 Å². The van der Waals surface area contributed by atoms with Crippen LogP contribution in [-0.4, -0.2) is 31.2 Å². The van der Waals surface area contributed by atoms with Gasteiger partial charge in [0, 0.05) is 37.6 Å². The zero-order valence-corrected chi connectivity index (χ0v) is 11.7. The van der Waals surface area contributed by atoms with Crippen LogP contribution in [0.25, 0.3) is 0 Å². The van der Waals surface area contributed by atoms with E-state index in [2.05, 4.69) is 27.9 Å². The summed E-state index contributed by atoms with van der Waals surface area (Å²) in [5.41, 5.74) is 12.1. The van der Waals surface area contributed by atoms with E-state index in [0.29, 0.717) is 0 Å². The zero-order valence-electron chi connectivity index (χ0n) is 11.7. The molecule has 0 spiro atoms. The van der Waals surface area contributed by atoms with Crippen LogP contribution < -0.4 is 21.5 Å². The SMILES string of the molecule is CC1=CN(Cc2ccc(N)cc2N2CCNCC2)NO1. The van der Waals surface area contributed by atoms with Gasteiger partial charge in [-0.1, -0.05) is 11.7 Å². The van der Waals surface area contributed by atoms with E-state index in [4.69, 9.17) is 10.6 Å². The van der Waals surface area contributed by atoms with Crippen LogP contribution >= 0.6 is 0 Å². The molecule has 0 aliphatic carbocycles. The third-order valence-electron chi connectivity index (χ3n) is 3.57. The fraction of sp³-hybridized carbons (Fsp3) is 0.429. The van der Waals surface area contributed by atoms with Crippen molar-refractivity contribution >= 4 is 11.4 Å². The van der Waals surface area contributed by atoms with Crippen molar-refractivity contribution in [3.63, 3.8) is 0 Å². The molecule has 0 saturated carbocycles. The van der Waals surface area contributed by atoms with Gasteiger partial charge in [-0.25, -0.2) is 0 Å². The van der Waals surface area contributed by atoms with E-state index in [1.165, 1.54) is 11.3 Å². The van der Waals surface area contributed by atoms with Gasteiger partial charge in [-0.05, 0) is 24.6 Å². The number of benzene rings is 1. The molecule has 0 bridgehead atoms. The summed E-state index contributed by atoms with van der Waals surface area (Å²) in [7, 11) is 0. The van der Waals surface area contributed by atoms with Crippen molar-refractivity contribution in [2.75, 3.05) is 36.8 Å². The monoisotopic (exact) mass is 275 g/mol. The predicted octanol–water partition coefficient (Wildman–Crippen LogP) is 0.792. The number of nitrogens with zero attached hydrogens (tertiary/aromatic N) is 2. The van der Waals surface area contributed by atoms with E-state index in [-0.39, 0.29) is 0 Å². The van der Waals surface area contributed by atoms with Crippen LogP contribution in [0, 0.1) is 0 Å². The maximum Gasteiger partial charge on any atom is 0.140 e. The molecule has 108 valence electrons. The molecule has 1 saturated heterocycles. The van der Waals surface area contributed by atoms with Crippen molar-refractivity contribution in [2.24, 2.45) is 0 Å². The van der Waals surface area contributed by atoms with Crippen LogP contribution in [0.2, 0.25) is 0 Å². The molecule has 0 aromatic heterocycles. The van der Waals surface area contributed by atoms with Gasteiger partial charge in [0.15, 0.2) is 0 Å². The van der Waals surface area contributed by atoms with E-state index in [1.807, 2.05) is 24.2 Å². The average Bonchev–Trinajstić information content (AvgIpc) is 2.87. The highest BCUT2D eigenvalue weighted by Gasteiger charge is 2.17. The first-order valence-electron chi connectivity index (χ1n) is 6.94. The minimum absolute atomic E-state index is 0.747. The number of hydrazine groups is 1. The summed E-state index contributed by atoms with van der Waals surface area (Å²) >= 11 is 0. The minimum atomic E-state index is 0.747. The van der Waals surface area contributed by atoms with Crippen LogP contribution in [-0.2, 0) is 11.4 Å². The maximum absolute atomic E-state index is 5.96. The second kappa shape index (κ2) is 5.60. The van der Waals surface area contributed by atoms with Crippen molar-refractivity contribution < 1.29 is 4.84 Å². The van der Waals surface area contributed by atoms with Gasteiger partial charge < -0.3 is 20.8 Å². The molecule has 6 heteroatoms. The van der Waals surface area contributed by atoms with Gasteiger partial charge in [0.2, 0.25) is 0 Å². The molecule has 1 fully saturated rings. The maximum atomic E-state index is 5.96. The van der Waals surface area contributed by atoms with Crippen LogP contribution in [0.15, 0.2) is 30.2 Å². The van der Waals surface area contributed by atoms with Gasteiger partial charge in [-0.3, -0.25) is 5.01 Å². The Kier molecular flexibility index (Phi) is 3.66. The summed E-state index contributed by atoms with van der Waals surface area (Å²) in [5.74, 6) is 0.865.